The second-order valence-corrected chi connectivity index (χ2v) is 10.7. The number of carbonyl (C=O) groups is 1. The molecule has 0 saturated heterocycles. The van der Waals surface area contributed by atoms with E-state index >= 15 is 0 Å². The van der Waals surface area contributed by atoms with Gasteiger partial charge in [0, 0.05) is 23.4 Å². The zero-order valence-electron chi connectivity index (χ0n) is 19.0. The summed E-state index contributed by atoms with van der Waals surface area (Å²) in [7, 11) is -3.38. The molecule has 0 unspecified atom stereocenters. The minimum Gasteiger partial charge on any atom is -0.395 e. The highest BCUT2D eigenvalue weighted by atomic mass is 32.2. The molecule has 3 aromatic rings. The first-order valence-corrected chi connectivity index (χ1v) is 12.8. The number of ketones is 1. The van der Waals surface area contributed by atoms with Gasteiger partial charge in [0.2, 0.25) is 10.0 Å². The third kappa shape index (κ3) is 4.70. The molecule has 7 nitrogen and oxygen atoms in total. The maximum atomic E-state index is 13.4. The summed E-state index contributed by atoms with van der Waals surface area (Å²) in [6, 6.07) is 15.0. The van der Waals surface area contributed by atoms with E-state index in [0.29, 0.717) is 35.5 Å². The molecule has 1 aromatic heterocycles. The lowest BCUT2D eigenvalue weighted by molar-refractivity contribution is -0.286. The van der Waals surface area contributed by atoms with Crippen molar-refractivity contribution in [2.24, 2.45) is 0 Å². The van der Waals surface area contributed by atoms with E-state index in [4.69, 9.17) is 4.98 Å². The summed E-state index contributed by atoms with van der Waals surface area (Å²) in [5, 5.41) is 0. The van der Waals surface area contributed by atoms with Crippen LogP contribution in [-0.4, -0.2) is 31.7 Å². The summed E-state index contributed by atoms with van der Waals surface area (Å²) in [5.74, 6) is -0.168. The van der Waals surface area contributed by atoms with Gasteiger partial charge in [-0.2, -0.15) is 0 Å². The number of nitrogens with one attached hydrogen (secondary N) is 1. The second-order valence-electron chi connectivity index (χ2n) is 8.93. The largest absolute Gasteiger partial charge is 0.586 e. The van der Waals surface area contributed by atoms with Crippen LogP contribution >= 0.6 is 0 Å². The Bertz CT molecular complexity index is 1430. The van der Waals surface area contributed by atoms with Crippen molar-refractivity contribution >= 4 is 21.5 Å². The molecular formula is C25H22F2N2O5S. The summed E-state index contributed by atoms with van der Waals surface area (Å²) < 4.78 is 61.0. The zero-order chi connectivity index (χ0) is 25.0. The van der Waals surface area contributed by atoms with Crippen molar-refractivity contribution in [2.45, 2.75) is 37.9 Å². The van der Waals surface area contributed by atoms with Crippen molar-refractivity contribution in [1.82, 2.24) is 4.98 Å². The average Bonchev–Trinajstić information content (AvgIpc) is 3.52. The number of hydrogen-bond acceptors (Lipinski definition) is 6. The molecule has 35 heavy (non-hydrogen) atoms. The van der Waals surface area contributed by atoms with Crippen LogP contribution < -0.4 is 14.2 Å². The smallest absolute Gasteiger partial charge is 0.395 e. The van der Waals surface area contributed by atoms with Crippen molar-refractivity contribution in [3.05, 3.63) is 71.4 Å². The molecule has 1 N–H and O–H groups in total. The SMILES string of the molecule is Cc1ccc(CC(=O)C2(c3ccc4c(c3)OC(F)(F)O4)CC2)nc1-c1ccc(NS(C)(=O)=O)cc1. The fourth-order valence-corrected chi connectivity index (χ4v) is 4.87. The highest BCUT2D eigenvalue weighted by molar-refractivity contribution is 7.92. The second kappa shape index (κ2) is 8.01. The number of aryl methyl sites for hydroxylation is 1. The Hall–Kier alpha value is -3.53. The van der Waals surface area contributed by atoms with Gasteiger partial charge < -0.3 is 9.47 Å². The molecule has 0 radical (unpaired) electrons. The van der Waals surface area contributed by atoms with Crippen LogP contribution in [-0.2, 0) is 26.7 Å². The van der Waals surface area contributed by atoms with Crippen molar-refractivity contribution < 1.29 is 31.5 Å². The van der Waals surface area contributed by atoms with Crippen molar-refractivity contribution in [2.75, 3.05) is 11.0 Å². The van der Waals surface area contributed by atoms with Gasteiger partial charge >= 0.3 is 6.29 Å². The van der Waals surface area contributed by atoms with Crippen LogP contribution in [0.4, 0.5) is 14.5 Å². The molecule has 0 atom stereocenters. The number of alkyl halides is 2. The van der Waals surface area contributed by atoms with Gasteiger partial charge in [0.25, 0.3) is 0 Å². The molecule has 182 valence electrons. The number of ether oxygens (including phenoxy) is 2. The van der Waals surface area contributed by atoms with E-state index in [1.165, 1.54) is 12.1 Å². The Morgan fingerprint density at radius 3 is 2.37 bits per heavy atom. The Kier molecular flexibility index (Phi) is 5.32. The first-order valence-electron chi connectivity index (χ1n) is 10.9. The lowest BCUT2D eigenvalue weighted by atomic mass is 9.88. The molecule has 2 aliphatic rings. The maximum Gasteiger partial charge on any atom is 0.586 e. The van der Waals surface area contributed by atoms with Crippen molar-refractivity contribution in [3.63, 3.8) is 0 Å². The molecule has 10 heteroatoms. The Balaban J connectivity index is 1.36. The predicted molar refractivity (Wildman–Crippen MR) is 125 cm³/mol. The summed E-state index contributed by atoms with van der Waals surface area (Å²) in [6.07, 6.45) is -1.29. The van der Waals surface area contributed by atoms with E-state index in [1.807, 2.05) is 13.0 Å². The Morgan fingerprint density at radius 1 is 1.03 bits per heavy atom. The molecular weight excluding hydrogens is 478 g/mol. The maximum absolute atomic E-state index is 13.4. The monoisotopic (exact) mass is 500 g/mol. The van der Waals surface area contributed by atoms with E-state index in [1.54, 1.807) is 36.4 Å². The number of sulfonamides is 1. The van der Waals surface area contributed by atoms with Gasteiger partial charge in [-0.05, 0) is 61.2 Å². The lowest BCUT2D eigenvalue weighted by Gasteiger charge is -2.16. The van der Waals surface area contributed by atoms with Gasteiger partial charge in [-0.3, -0.25) is 14.5 Å². The minimum absolute atomic E-state index is 0.0434. The van der Waals surface area contributed by atoms with Gasteiger partial charge in [0.1, 0.15) is 5.78 Å². The third-order valence-electron chi connectivity index (χ3n) is 6.20. The first-order chi connectivity index (χ1) is 16.4. The van der Waals surface area contributed by atoms with Crippen LogP contribution in [0.1, 0.15) is 29.7 Å². The number of hydrogen-bond donors (Lipinski definition) is 1. The molecule has 2 aromatic carbocycles. The highest BCUT2D eigenvalue weighted by Gasteiger charge is 2.52. The van der Waals surface area contributed by atoms with Crippen LogP contribution in [0.3, 0.4) is 0 Å². The predicted octanol–water partition coefficient (Wildman–Crippen LogP) is 4.59. The van der Waals surface area contributed by atoms with Crippen LogP contribution in [0, 0.1) is 6.92 Å². The summed E-state index contributed by atoms with van der Waals surface area (Å²) in [6.45, 7) is 1.90. The summed E-state index contributed by atoms with van der Waals surface area (Å²) in [4.78, 5) is 18.0. The number of aromatic nitrogens is 1. The molecule has 5 rings (SSSR count). The highest BCUT2D eigenvalue weighted by Crippen LogP contribution is 2.52. The fourth-order valence-electron chi connectivity index (χ4n) is 4.30. The molecule has 1 aliphatic heterocycles. The summed E-state index contributed by atoms with van der Waals surface area (Å²) >= 11 is 0. The molecule has 0 spiro atoms. The first kappa shape index (κ1) is 23.2. The van der Waals surface area contributed by atoms with E-state index in [0.717, 1.165) is 17.4 Å². The Morgan fingerprint density at radius 2 is 1.71 bits per heavy atom. The van der Waals surface area contributed by atoms with Gasteiger partial charge in [0.15, 0.2) is 11.5 Å². The van der Waals surface area contributed by atoms with E-state index in [-0.39, 0.29) is 23.7 Å². The average molecular weight is 501 g/mol. The number of Topliss-reactive ketones (excluding diaryl/α,β-unsaturated/α-hetero) is 1. The number of anilines is 1. The zero-order valence-corrected chi connectivity index (χ0v) is 19.8. The number of halogens is 2. The van der Waals surface area contributed by atoms with Crippen LogP contribution in [0.5, 0.6) is 11.5 Å². The molecule has 0 bridgehead atoms. The number of pyridine rings is 1. The number of carbonyl (C=O) groups excluding carboxylic acids is 1. The normalized spacial score (nSPS) is 17.1. The van der Waals surface area contributed by atoms with Gasteiger partial charge in [0.05, 0.1) is 17.4 Å². The van der Waals surface area contributed by atoms with Crippen LogP contribution in [0.25, 0.3) is 11.3 Å². The van der Waals surface area contributed by atoms with Gasteiger partial charge in [-0.25, -0.2) is 8.42 Å². The van der Waals surface area contributed by atoms with Gasteiger partial charge in [-0.15, -0.1) is 8.78 Å². The number of nitrogens with zero attached hydrogens (tertiary/aromatic N) is 1. The van der Waals surface area contributed by atoms with E-state index in [9.17, 15) is 22.0 Å². The topological polar surface area (TPSA) is 94.6 Å². The van der Waals surface area contributed by atoms with Crippen molar-refractivity contribution in [1.29, 1.82) is 0 Å². The van der Waals surface area contributed by atoms with E-state index in [2.05, 4.69) is 14.2 Å². The number of rotatable bonds is 7. The molecule has 1 saturated carbocycles. The van der Waals surface area contributed by atoms with Crippen molar-refractivity contribution in [3.8, 4) is 22.8 Å². The number of fused-ring (bicyclic) bond motifs is 1. The van der Waals surface area contributed by atoms with Crippen LogP contribution in [0.2, 0.25) is 0 Å². The van der Waals surface area contributed by atoms with E-state index < -0.39 is 21.7 Å². The molecule has 0 amide bonds. The Labute approximate surface area is 201 Å². The molecule has 1 fully saturated rings. The standard InChI is InChI=1S/C25H22F2N2O5S/c1-15-3-7-19(28-23(15)16-4-8-18(9-5-16)29-35(2,31)32)14-22(30)24(11-12-24)17-6-10-20-21(13-17)34-25(26,27)33-20/h3-10,13,29H,11-12,14H2,1-2H3. The number of benzene rings is 2. The summed E-state index contributed by atoms with van der Waals surface area (Å²) in [5.41, 5.74) is 3.30. The quantitative estimate of drug-likeness (QED) is 0.510. The minimum atomic E-state index is -3.71. The van der Waals surface area contributed by atoms with Gasteiger partial charge in [-0.1, -0.05) is 24.3 Å². The molecule has 2 heterocycles. The molecule has 1 aliphatic carbocycles. The van der Waals surface area contributed by atoms with Crippen LogP contribution in [0.15, 0.2) is 54.6 Å². The fraction of sp³-hybridized carbons (Fsp3) is 0.280. The lowest BCUT2D eigenvalue weighted by Crippen LogP contribution is -2.26. The third-order valence-corrected chi connectivity index (χ3v) is 6.80.